The average Bonchev–Trinajstić information content (AvgIpc) is 2.49. The molecule has 1 heterocycles. The third kappa shape index (κ3) is 5.55. The van der Waals surface area contributed by atoms with Crippen molar-refractivity contribution in [1.29, 1.82) is 0 Å². The predicted octanol–water partition coefficient (Wildman–Crippen LogP) is 3.10. The van der Waals surface area contributed by atoms with Gasteiger partial charge in [0.25, 0.3) is 0 Å². The van der Waals surface area contributed by atoms with Crippen LogP contribution in [0.1, 0.15) is 33.1 Å². The Morgan fingerprint density at radius 1 is 1.50 bits per heavy atom. The van der Waals surface area contributed by atoms with E-state index in [1.807, 2.05) is 24.2 Å². The zero-order valence-corrected chi connectivity index (χ0v) is 12.7. The van der Waals surface area contributed by atoms with Crippen LogP contribution >= 0.6 is 0 Å². The number of nitrogens with zero attached hydrogens (tertiary/aromatic N) is 2. The Morgan fingerprint density at radius 3 is 3.00 bits per heavy atom. The summed E-state index contributed by atoms with van der Waals surface area (Å²) in [6.45, 7) is 13.6. The van der Waals surface area contributed by atoms with Crippen molar-refractivity contribution in [2.24, 2.45) is 4.99 Å². The van der Waals surface area contributed by atoms with Gasteiger partial charge in [0.05, 0.1) is 0 Å². The molecule has 1 rings (SSSR count). The van der Waals surface area contributed by atoms with Crippen LogP contribution in [0.5, 0.6) is 0 Å². The fraction of sp³-hybridized carbons (Fsp3) is 0.438. The molecule has 0 radical (unpaired) electrons. The Balaban J connectivity index is 2.68. The molecular formula is C16H26N4. The molecular weight excluding hydrogens is 248 g/mol. The van der Waals surface area contributed by atoms with E-state index in [0.29, 0.717) is 6.54 Å². The van der Waals surface area contributed by atoms with Crippen molar-refractivity contribution < 1.29 is 0 Å². The molecule has 1 aliphatic rings. The van der Waals surface area contributed by atoms with Crippen LogP contribution in [0.3, 0.4) is 0 Å². The SMILES string of the molecule is C=C/C=C1\CNN(NCCCCC)C(C)=N/C=C\C1=C. The second-order valence-electron chi connectivity index (χ2n) is 4.73. The van der Waals surface area contributed by atoms with Crippen LogP contribution in [0.2, 0.25) is 0 Å². The molecule has 0 aromatic carbocycles. The van der Waals surface area contributed by atoms with Crippen molar-refractivity contribution >= 4 is 5.84 Å². The van der Waals surface area contributed by atoms with E-state index in [1.165, 1.54) is 12.8 Å². The number of unbranched alkanes of at least 4 members (excludes halogenated alkanes) is 2. The average molecular weight is 274 g/mol. The Morgan fingerprint density at radius 2 is 2.30 bits per heavy atom. The van der Waals surface area contributed by atoms with E-state index >= 15 is 0 Å². The van der Waals surface area contributed by atoms with Crippen LogP contribution in [0.4, 0.5) is 0 Å². The van der Waals surface area contributed by atoms with E-state index in [2.05, 4.69) is 35.9 Å². The Hall–Kier alpha value is -1.65. The van der Waals surface area contributed by atoms with E-state index in [-0.39, 0.29) is 0 Å². The van der Waals surface area contributed by atoms with Crippen molar-refractivity contribution in [3.8, 4) is 0 Å². The van der Waals surface area contributed by atoms with Gasteiger partial charge in [-0.05, 0) is 30.6 Å². The number of rotatable bonds is 6. The molecule has 0 unspecified atom stereocenters. The van der Waals surface area contributed by atoms with Crippen LogP contribution in [-0.4, -0.2) is 24.0 Å². The summed E-state index contributed by atoms with van der Waals surface area (Å²) in [5.74, 6) is 0.880. The lowest BCUT2D eigenvalue weighted by molar-refractivity contribution is 0.225. The fourth-order valence-electron chi connectivity index (χ4n) is 1.84. The molecule has 20 heavy (non-hydrogen) atoms. The molecule has 0 aliphatic carbocycles. The number of amidine groups is 1. The number of hydrogen-bond acceptors (Lipinski definition) is 4. The summed E-state index contributed by atoms with van der Waals surface area (Å²) in [7, 11) is 0. The molecule has 110 valence electrons. The largest absolute Gasteiger partial charge is 0.241 e. The van der Waals surface area contributed by atoms with E-state index in [0.717, 1.165) is 29.9 Å². The van der Waals surface area contributed by atoms with Gasteiger partial charge < -0.3 is 0 Å². The molecule has 0 saturated carbocycles. The van der Waals surface area contributed by atoms with E-state index in [1.54, 1.807) is 12.3 Å². The highest BCUT2D eigenvalue weighted by Gasteiger charge is 2.09. The van der Waals surface area contributed by atoms with Gasteiger partial charge in [-0.3, -0.25) is 0 Å². The predicted molar refractivity (Wildman–Crippen MR) is 87.0 cm³/mol. The molecule has 0 fully saturated rings. The van der Waals surface area contributed by atoms with Gasteiger partial charge in [0, 0.05) is 19.3 Å². The third-order valence-electron chi connectivity index (χ3n) is 3.07. The highest BCUT2D eigenvalue weighted by Crippen LogP contribution is 2.10. The van der Waals surface area contributed by atoms with Crippen LogP contribution in [-0.2, 0) is 0 Å². The fourth-order valence-corrected chi connectivity index (χ4v) is 1.84. The molecule has 0 atom stereocenters. The van der Waals surface area contributed by atoms with Gasteiger partial charge in [0.2, 0.25) is 0 Å². The molecule has 0 spiro atoms. The molecule has 0 aromatic heterocycles. The van der Waals surface area contributed by atoms with Crippen LogP contribution in [0.25, 0.3) is 0 Å². The number of allylic oxidation sites excluding steroid dienone is 3. The molecule has 1 aliphatic heterocycles. The first kappa shape index (κ1) is 16.4. The van der Waals surface area contributed by atoms with Gasteiger partial charge in [0.1, 0.15) is 5.84 Å². The van der Waals surface area contributed by atoms with Gasteiger partial charge >= 0.3 is 0 Å². The molecule has 4 heteroatoms. The molecule has 4 nitrogen and oxygen atoms in total. The van der Waals surface area contributed by atoms with Crippen molar-refractivity contribution in [2.75, 3.05) is 13.1 Å². The van der Waals surface area contributed by atoms with Gasteiger partial charge in [-0.2, -0.15) is 0 Å². The normalized spacial score (nSPS) is 20.1. The standard InChI is InChI=1S/C16H26N4/c1-5-7-8-11-18-20-15(4)17-12-10-14(3)16(9-6-2)13-19-20/h6,9-10,12,18-19H,2-3,5,7-8,11,13H2,1,4H3/b12-10-,16-9+,17-15?. The van der Waals surface area contributed by atoms with Crippen molar-refractivity contribution in [3.05, 3.63) is 48.7 Å². The summed E-state index contributed by atoms with van der Waals surface area (Å²) >= 11 is 0. The smallest absolute Gasteiger partial charge is 0.132 e. The minimum absolute atomic E-state index is 0.683. The first-order valence-corrected chi connectivity index (χ1v) is 7.18. The Labute approximate surface area is 122 Å². The van der Waals surface area contributed by atoms with Crippen molar-refractivity contribution in [3.63, 3.8) is 0 Å². The number of aliphatic imine (C=N–C) groups is 1. The zero-order valence-electron chi connectivity index (χ0n) is 12.7. The third-order valence-corrected chi connectivity index (χ3v) is 3.07. The van der Waals surface area contributed by atoms with Gasteiger partial charge in [-0.25, -0.2) is 21.0 Å². The summed E-state index contributed by atoms with van der Waals surface area (Å²) in [6.07, 6.45) is 11.0. The number of hydrogen-bond donors (Lipinski definition) is 2. The first-order chi connectivity index (χ1) is 9.69. The van der Waals surface area contributed by atoms with Crippen molar-refractivity contribution in [2.45, 2.75) is 33.1 Å². The molecule has 0 saturated heterocycles. The molecule has 0 amide bonds. The highest BCUT2D eigenvalue weighted by atomic mass is 15.7. The lowest BCUT2D eigenvalue weighted by atomic mass is 10.1. The van der Waals surface area contributed by atoms with Crippen molar-refractivity contribution in [1.82, 2.24) is 16.0 Å². The Bertz CT molecular complexity index is 418. The monoisotopic (exact) mass is 274 g/mol. The van der Waals surface area contributed by atoms with Gasteiger partial charge in [0.15, 0.2) is 0 Å². The molecule has 0 aromatic rings. The van der Waals surface area contributed by atoms with Gasteiger partial charge in [-0.1, -0.05) is 45.1 Å². The number of hydrazine groups is 2. The number of nitrogens with one attached hydrogen (secondary N) is 2. The zero-order chi connectivity index (χ0) is 14.8. The summed E-state index contributed by atoms with van der Waals surface area (Å²) in [5, 5.41) is 1.88. The maximum absolute atomic E-state index is 4.39. The van der Waals surface area contributed by atoms with Crippen LogP contribution in [0, 0.1) is 0 Å². The second-order valence-corrected chi connectivity index (χ2v) is 4.73. The highest BCUT2D eigenvalue weighted by molar-refractivity contribution is 5.79. The minimum Gasteiger partial charge on any atom is -0.241 e. The van der Waals surface area contributed by atoms with Crippen LogP contribution in [0.15, 0.2) is 53.7 Å². The Kier molecular flexibility index (Phi) is 7.62. The summed E-state index contributed by atoms with van der Waals surface area (Å²) in [4.78, 5) is 4.39. The summed E-state index contributed by atoms with van der Waals surface area (Å²) in [5.41, 5.74) is 8.73. The molecule has 2 N–H and O–H groups in total. The molecule has 0 bridgehead atoms. The lowest BCUT2D eigenvalue weighted by Gasteiger charge is -2.25. The minimum atomic E-state index is 0.683. The second kappa shape index (κ2) is 9.28. The maximum atomic E-state index is 4.39. The van der Waals surface area contributed by atoms with Gasteiger partial charge in [-0.15, -0.1) is 0 Å². The van der Waals surface area contributed by atoms with E-state index in [9.17, 15) is 0 Å². The maximum Gasteiger partial charge on any atom is 0.132 e. The van der Waals surface area contributed by atoms with Crippen LogP contribution < -0.4 is 10.9 Å². The lowest BCUT2D eigenvalue weighted by Crippen LogP contribution is -2.51. The first-order valence-electron chi connectivity index (χ1n) is 7.18. The summed E-state index contributed by atoms with van der Waals surface area (Å²) < 4.78 is 0. The quantitative estimate of drug-likeness (QED) is 0.731. The summed E-state index contributed by atoms with van der Waals surface area (Å²) in [6, 6.07) is 0. The topological polar surface area (TPSA) is 39.7 Å². The van der Waals surface area contributed by atoms with E-state index < -0.39 is 0 Å². The van der Waals surface area contributed by atoms with E-state index in [4.69, 9.17) is 0 Å².